The van der Waals surface area contributed by atoms with Gasteiger partial charge in [0, 0.05) is 60.0 Å². The number of ketones is 1. The van der Waals surface area contributed by atoms with E-state index in [1.807, 2.05) is 45.9 Å². The van der Waals surface area contributed by atoms with Crippen LogP contribution in [-0.2, 0) is 73.4 Å². The zero-order chi connectivity index (χ0) is 62.7. The lowest BCUT2D eigenvalue weighted by atomic mass is 9.83. The number of likely N-dealkylation sites (N-methyl/N-ethyl adjacent to an activating group) is 2. The molecule has 470 valence electrons. The summed E-state index contributed by atoms with van der Waals surface area (Å²) in [6, 6.07) is 10.9. The molecule has 2 aromatic rings. The first-order chi connectivity index (χ1) is 40.4. The van der Waals surface area contributed by atoms with E-state index < -0.39 is 103 Å². The smallest absolute Gasteiger partial charge is 0.412 e. The third kappa shape index (κ3) is 19.0. The largest absolute Gasteiger partial charge is 0.445 e. The Labute approximate surface area is 498 Å². The molecule has 5 rings (SSSR count). The van der Waals surface area contributed by atoms with Crippen LogP contribution in [0, 0.1) is 29.6 Å². The number of benzene rings is 2. The van der Waals surface area contributed by atoms with Crippen LogP contribution in [0.25, 0.3) is 0 Å². The van der Waals surface area contributed by atoms with Crippen molar-refractivity contribution in [3.8, 4) is 0 Å². The fourth-order valence-corrected chi connectivity index (χ4v) is 11.1. The average molecular weight is 1190 g/mol. The van der Waals surface area contributed by atoms with Crippen molar-refractivity contribution in [1.82, 2.24) is 25.1 Å². The minimum absolute atomic E-state index is 0.00993. The highest BCUT2D eigenvalue weighted by atomic mass is 16.7. The molecule has 24 heteroatoms. The van der Waals surface area contributed by atoms with Crippen LogP contribution in [-0.4, -0.2) is 182 Å². The lowest BCUT2D eigenvalue weighted by molar-refractivity contribution is -0.196. The molecule has 2 aromatic carbocycles. The Bertz CT molecular complexity index is 2620. The number of methoxy groups -OCH3 is 2. The third-order valence-electron chi connectivity index (χ3n) is 16.0. The van der Waals surface area contributed by atoms with Crippen molar-refractivity contribution >= 4 is 64.8 Å². The SMILES string of the molecule is CC[C@H](C)[C@@H]([C@@H](CC(=O)N1CCC[C@H]1[C@H](OC)[C@@H](C)C(=O)N[C@H](C)[C@@H](O)c1ccccc1)OC)N(C)C(=O)[C@@H](CC(=O)[C@H](C(C)C)N(C)C(=O)OCc1ccc(NC(=O)OC2/C=C/COCOC2)c(NCC(=O)ON2C(=O)CCC2=O)c1)C(C)C. The zero-order valence-electron chi connectivity index (χ0n) is 51.2. The number of nitrogens with zero attached hydrogens (tertiary/aromatic N) is 4. The number of amides is 7. The monoisotopic (exact) mass is 1190 g/mol. The van der Waals surface area contributed by atoms with Gasteiger partial charge >= 0.3 is 18.2 Å². The molecule has 3 heterocycles. The average Bonchev–Trinajstić information content (AvgIpc) is 4.29. The minimum Gasteiger partial charge on any atom is -0.445 e. The van der Waals surface area contributed by atoms with Gasteiger partial charge in [-0.1, -0.05) is 97.4 Å². The summed E-state index contributed by atoms with van der Waals surface area (Å²) in [5, 5.41) is 19.8. The number of carbonyl (C=O) groups excluding carboxylic acids is 9. The van der Waals surface area contributed by atoms with Crippen molar-refractivity contribution in [2.45, 2.75) is 156 Å². The van der Waals surface area contributed by atoms with Crippen LogP contribution < -0.4 is 16.0 Å². The van der Waals surface area contributed by atoms with E-state index in [2.05, 4.69) is 16.0 Å². The number of carbonyl (C=O) groups is 9. The number of anilines is 2. The number of ether oxygens (including phenoxy) is 6. The Morgan fingerprint density at radius 1 is 0.847 bits per heavy atom. The summed E-state index contributed by atoms with van der Waals surface area (Å²) >= 11 is 0. The number of aliphatic hydroxyl groups is 1. The first-order valence-corrected chi connectivity index (χ1v) is 29.2. The van der Waals surface area contributed by atoms with Gasteiger partial charge in [-0.3, -0.25) is 34.1 Å². The lowest BCUT2D eigenvalue weighted by Gasteiger charge is -2.41. The highest BCUT2D eigenvalue weighted by Gasteiger charge is 2.44. The van der Waals surface area contributed by atoms with E-state index >= 15 is 0 Å². The fraction of sp³-hybridized carbons (Fsp3) is 0.623. The van der Waals surface area contributed by atoms with Crippen LogP contribution >= 0.6 is 0 Å². The molecule has 3 aliphatic rings. The molecule has 2 saturated heterocycles. The van der Waals surface area contributed by atoms with Crippen molar-refractivity contribution in [2.75, 3.05) is 72.0 Å². The molecule has 4 N–H and O–H groups in total. The van der Waals surface area contributed by atoms with Gasteiger partial charge in [0.25, 0.3) is 11.8 Å². The summed E-state index contributed by atoms with van der Waals surface area (Å²) in [6.07, 6.45) is -0.128. The van der Waals surface area contributed by atoms with Crippen molar-refractivity contribution in [3.63, 3.8) is 0 Å². The third-order valence-corrected chi connectivity index (χ3v) is 16.0. The Morgan fingerprint density at radius 3 is 2.18 bits per heavy atom. The molecular formula is C61H89N7O17. The number of aliphatic hydroxyl groups excluding tert-OH is 1. The van der Waals surface area contributed by atoms with Crippen LogP contribution in [0.5, 0.6) is 0 Å². The number of nitrogens with one attached hydrogen (secondary N) is 3. The standard InChI is InChI=1S/C61H89N7O17/c1-13-38(6)55(49(79-11)31-52(72)67-27-17-22-47(67)57(80-12)39(7)58(75)63-40(8)56(74)42-19-15-14-16-20-42)65(9)59(76)44(36(2)3)30-48(69)54(37(4)5)66(10)61(78)83-33-41-23-24-45(64-60(77)84-43-21-18-28-81-35-82-34-43)46(29-41)62-32-53(73)85-68-50(70)25-26-51(68)71/h14-16,18-21,23-24,29,36-40,43-44,47,49,54-57,62,74H,13,17,22,25-28,30-35H2,1-12H3,(H,63,75)(H,64,77)/b21-18+/t38-,39+,40+,43?,44-,47-,49+,54-,55-,56+,57+/m0/s1. The molecule has 2 fully saturated rings. The lowest BCUT2D eigenvalue weighted by Crippen LogP contribution is -2.55. The van der Waals surface area contributed by atoms with Gasteiger partial charge in [-0.2, -0.15) is 0 Å². The molecule has 7 amide bonds. The predicted molar refractivity (Wildman–Crippen MR) is 312 cm³/mol. The maximum absolute atomic E-state index is 14.9. The first kappa shape index (κ1) is 68.8. The number of hydrogen-bond acceptors (Lipinski definition) is 18. The quantitative estimate of drug-likeness (QED) is 0.0523. The maximum Gasteiger partial charge on any atom is 0.412 e. The van der Waals surface area contributed by atoms with Crippen LogP contribution in [0.4, 0.5) is 21.0 Å². The van der Waals surface area contributed by atoms with E-state index in [1.165, 1.54) is 38.3 Å². The second-order valence-corrected chi connectivity index (χ2v) is 22.8. The fourth-order valence-electron chi connectivity index (χ4n) is 11.1. The summed E-state index contributed by atoms with van der Waals surface area (Å²) < 4.78 is 33.9. The molecule has 11 atom stereocenters. The van der Waals surface area contributed by atoms with Gasteiger partial charge in [0.15, 0.2) is 5.78 Å². The highest BCUT2D eigenvalue weighted by molar-refractivity contribution is 6.02. The summed E-state index contributed by atoms with van der Waals surface area (Å²) in [6.45, 7) is 14.5. The first-order valence-electron chi connectivity index (χ1n) is 29.2. The minimum atomic E-state index is -1.02. The Morgan fingerprint density at radius 2 is 1.54 bits per heavy atom. The molecule has 1 unspecified atom stereocenters. The maximum atomic E-state index is 14.9. The summed E-state index contributed by atoms with van der Waals surface area (Å²) in [4.78, 5) is 131. The van der Waals surface area contributed by atoms with Crippen LogP contribution in [0.15, 0.2) is 60.7 Å². The van der Waals surface area contributed by atoms with E-state index in [1.54, 1.807) is 74.9 Å². The molecule has 0 aromatic heterocycles. The van der Waals surface area contributed by atoms with Crippen LogP contribution in [0.2, 0.25) is 0 Å². The van der Waals surface area contributed by atoms with E-state index in [-0.39, 0.29) is 99.0 Å². The summed E-state index contributed by atoms with van der Waals surface area (Å²) in [7, 11) is 6.12. The number of likely N-dealkylation sites (tertiary alicyclic amines) is 1. The topological polar surface area (TPSA) is 288 Å². The van der Waals surface area contributed by atoms with Gasteiger partial charge in [-0.05, 0) is 66.9 Å². The highest BCUT2D eigenvalue weighted by Crippen LogP contribution is 2.32. The second kappa shape index (κ2) is 33.1. The van der Waals surface area contributed by atoms with E-state index in [4.69, 9.17) is 33.3 Å². The molecule has 0 bridgehead atoms. The number of hydrogen-bond donors (Lipinski definition) is 4. The number of Topliss-reactive ketones (excluding diaryl/α,β-unsaturated/α-hetero) is 1. The molecule has 0 saturated carbocycles. The van der Waals surface area contributed by atoms with Crippen molar-refractivity contribution in [2.24, 2.45) is 29.6 Å². The molecule has 0 spiro atoms. The van der Waals surface area contributed by atoms with E-state index in [0.29, 0.717) is 42.0 Å². The van der Waals surface area contributed by atoms with Gasteiger partial charge in [-0.25, -0.2) is 14.4 Å². The van der Waals surface area contributed by atoms with Gasteiger partial charge in [-0.15, -0.1) is 5.06 Å². The summed E-state index contributed by atoms with van der Waals surface area (Å²) in [5.41, 5.74) is 1.33. The Balaban J connectivity index is 1.25. The number of imide groups is 1. The predicted octanol–water partition coefficient (Wildman–Crippen LogP) is 6.17. The van der Waals surface area contributed by atoms with Crippen molar-refractivity contribution in [3.05, 3.63) is 71.8 Å². The molecule has 3 aliphatic heterocycles. The molecule has 85 heavy (non-hydrogen) atoms. The van der Waals surface area contributed by atoms with Gasteiger partial charge < -0.3 is 63.7 Å². The normalized spacial score (nSPS) is 19.9. The van der Waals surface area contributed by atoms with E-state index in [9.17, 15) is 48.3 Å². The van der Waals surface area contributed by atoms with Crippen molar-refractivity contribution < 1.29 is 81.5 Å². The molecule has 24 nitrogen and oxygen atoms in total. The van der Waals surface area contributed by atoms with E-state index in [0.717, 1.165) is 0 Å². The summed E-state index contributed by atoms with van der Waals surface area (Å²) in [5.74, 6) is -6.00. The second-order valence-electron chi connectivity index (χ2n) is 22.8. The molecule has 0 radical (unpaired) electrons. The number of rotatable bonds is 29. The van der Waals surface area contributed by atoms with Gasteiger partial charge in [0.1, 0.15) is 26.0 Å². The molecular weight excluding hydrogens is 1100 g/mol. The van der Waals surface area contributed by atoms with Gasteiger partial charge in [0.05, 0.1) is 79.4 Å². The van der Waals surface area contributed by atoms with Gasteiger partial charge in [0.2, 0.25) is 17.7 Å². The molecule has 0 aliphatic carbocycles. The van der Waals surface area contributed by atoms with Crippen molar-refractivity contribution in [1.29, 1.82) is 0 Å². The van der Waals surface area contributed by atoms with Crippen LogP contribution in [0.3, 0.4) is 0 Å². The van der Waals surface area contributed by atoms with Crippen LogP contribution in [0.1, 0.15) is 118 Å². The Hall–Kier alpha value is -6.99. The number of hydroxylamine groups is 2. The zero-order valence-corrected chi connectivity index (χ0v) is 51.2. The Kier molecular flexibility index (Phi) is 26.8.